The summed E-state index contributed by atoms with van der Waals surface area (Å²) < 4.78 is 24.1. The number of carbonyl (C=O) groups excluding carboxylic acids is 3. The number of ether oxygens (including phenoxy) is 2. The number of esters is 2. The molecule has 1 amide bonds. The van der Waals surface area contributed by atoms with Crippen molar-refractivity contribution in [3.63, 3.8) is 0 Å². The molecule has 0 saturated heterocycles. The molecule has 1 heterocycles. The van der Waals surface area contributed by atoms with E-state index in [2.05, 4.69) is 5.32 Å². The van der Waals surface area contributed by atoms with Crippen LogP contribution in [0.3, 0.4) is 0 Å². The summed E-state index contributed by atoms with van der Waals surface area (Å²) in [6.45, 7) is -0.572. The van der Waals surface area contributed by atoms with Crippen molar-refractivity contribution in [1.29, 1.82) is 0 Å². The van der Waals surface area contributed by atoms with Crippen LogP contribution in [-0.4, -0.2) is 37.6 Å². The number of fused-ring (bicyclic) bond motifs is 1. The van der Waals surface area contributed by atoms with Crippen LogP contribution >= 0.6 is 11.3 Å². The van der Waals surface area contributed by atoms with Crippen molar-refractivity contribution in [3.05, 3.63) is 70.9 Å². The number of carbonyl (C=O) groups is 3. The Kier molecular flexibility index (Phi) is 6.56. The third-order valence-electron chi connectivity index (χ3n) is 4.15. The Morgan fingerprint density at radius 1 is 1.10 bits per heavy atom. The summed E-state index contributed by atoms with van der Waals surface area (Å²) in [5.41, 5.74) is 0.840. The molecule has 0 aliphatic carbocycles. The Labute approximate surface area is 170 Å². The van der Waals surface area contributed by atoms with Gasteiger partial charge in [0, 0.05) is 16.5 Å². The van der Waals surface area contributed by atoms with Crippen molar-refractivity contribution in [2.45, 2.75) is 12.5 Å². The predicted octanol–water partition coefficient (Wildman–Crippen LogP) is 3.10. The number of amides is 1. The zero-order valence-electron chi connectivity index (χ0n) is 15.5. The molecule has 3 aromatic rings. The van der Waals surface area contributed by atoms with Crippen molar-refractivity contribution >= 4 is 39.3 Å². The van der Waals surface area contributed by atoms with Gasteiger partial charge in [0.2, 0.25) is 0 Å². The summed E-state index contributed by atoms with van der Waals surface area (Å²) in [5, 5.41) is 2.83. The van der Waals surface area contributed by atoms with Gasteiger partial charge < -0.3 is 14.8 Å². The first-order chi connectivity index (χ1) is 14.0. The number of benzene rings is 2. The average molecular weight is 415 g/mol. The van der Waals surface area contributed by atoms with Gasteiger partial charge in [0.05, 0.1) is 7.11 Å². The second-order valence-electron chi connectivity index (χ2n) is 6.17. The fourth-order valence-corrected chi connectivity index (χ4v) is 3.72. The van der Waals surface area contributed by atoms with Gasteiger partial charge in [-0.2, -0.15) is 0 Å². The number of methoxy groups -OCH3 is 1. The van der Waals surface area contributed by atoms with Crippen LogP contribution in [0.15, 0.2) is 54.6 Å². The van der Waals surface area contributed by atoms with Gasteiger partial charge in [-0.15, -0.1) is 11.3 Å². The SMILES string of the molecule is COC(=O)[C@@H](Cc1ccccc1)NC(=O)COC(=O)c1cc2c(F)cccc2s1. The van der Waals surface area contributed by atoms with E-state index in [-0.39, 0.29) is 11.3 Å². The van der Waals surface area contributed by atoms with Crippen LogP contribution in [0.2, 0.25) is 0 Å². The van der Waals surface area contributed by atoms with E-state index in [9.17, 15) is 18.8 Å². The lowest BCUT2D eigenvalue weighted by molar-refractivity contribution is -0.145. The summed E-state index contributed by atoms with van der Waals surface area (Å²) in [5.74, 6) is -2.42. The van der Waals surface area contributed by atoms with Crippen LogP contribution in [-0.2, 0) is 25.5 Å². The van der Waals surface area contributed by atoms with Gasteiger partial charge >= 0.3 is 11.9 Å². The molecule has 1 N–H and O–H groups in total. The van der Waals surface area contributed by atoms with Crippen LogP contribution < -0.4 is 5.32 Å². The second kappa shape index (κ2) is 9.29. The van der Waals surface area contributed by atoms with Gasteiger partial charge in [-0.25, -0.2) is 14.0 Å². The lowest BCUT2D eigenvalue weighted by atomic mass is 10.1. The maximum absolute atomic E-state index is 13.8. The summed E-state index contributed by atoms with van der Waals surface area (Å²) in [6, 6.07) is 14.2. The summed E-state index contributed by atoms with van der Waals surface area (Å²) in [4.78, 5) is 36.5. The molecule has 3 rings (SSSR count). The lowest BCUT2D eigenvalue weighted by Crippen LogP contribution is -2.44. The number of rotatable bonds is 7. The van der Waals surface area contributed by atoms with Crippen LogP contribution in [0.5, 0.6) is 0 Å². The minimum absolute atomic E-state index is 0.187. The first-order valence-electron chi connectivity index (χ1n) is 8.74. The molecule has 0 aliphatic heterocycles. The molecule has 0 spiro atoms. The Morgan fingerprint density at radius 2 is 1.86 bits per heavy atom. The van der Waals surface area contributed by atoms with Crippen molar-refractivity contribution in [1.82, 2.24) is 5.32 Å². The predicted molar refractivity (Wildman–Crippen MR) is 106 cm³/mol. The molecule has 150 valence electrons. The molecule has 0 saturated carbocycles. The second-order valence-corrected chi connectivity index (χ2v) is 7.26. The smallest absolute Gasteiger partial charge is 0.348 e. The highest BCUT2D eigenvalue weighted by Gasteiger charge is 2.23. The molecule has 0 unspecified atom stereocenters. The van der Waals surface area contributed by atoms with Gasteiger partial charge in [-0.05, 0) is 23.8 Å². The minimum Gasteiger partial charge on any atom is -0.467 e. The molecule has 6 nitrogen and oxygen atoms in total. The molecule has 2 aromatic carbocycles. The highest BCUT2D eigenvalue weighted by Crippen LogP contribution is 2.28. The fourth-order valence-electron chi connectivity index (χ4n) is 2.75. The fraction of sp³-hybridized carbons (Fsp3) is 0.190. The van der Waals surface area contributed by atoms with E-state index in [1.165, 1.54) is 19.2 Å². The molecule has 1 aromatic heterocycles. The zero-order valence-corrected chi connectivity index (χ0v) is 16.3. The number of nitrogens with one attached hydrogen (secondary N) is 1. The normalized spacial score (nSPS) is 11.7. The molecule has 0 radical (unpaired) electrons. The van der Waals surface area contributed by atoms with Crippen molar-refractivity contribution in [2.75, 3.05) is 13.7 Å². The molecule has 1 atom stereocenters. The number of hydrogen-bond acceptors (Lipinski definition) is 6. The van der Waals surface area contributed by atoms with Crippen molar-refractivity contribution < 1.29 is 28.2 Å². The van der Waals surface area contributed by atoms with Gasteiger partial charge in [-0.3, -0.25) is 4.79 Å². The van der Waals surface area contributed by atoms with E-state index in [1.807, 2.05) is 30.3 Å². The first-order valence-corrected chi connectivity index (χ1v) is 9.56. The monoisotopic (exact) mass is 415 g/mol. The standard InChI is InChI=1S/C21H18FNO5S/c1-27-20(25)16(10-13-6-3-2-4-7-13)23-19(24)12-28-21(26)18-11-14-15(22)8-5-9-17(14)29-18/h2-9,11,16H,10,12H2,1H3,(H,23,24)/t16-/m1/s1. The van der Waals surface area contributed by atoms with Gasteiger partial charge in [0.15, 0.2) is 6.61 Å². The van der Waals surface area contributed by atoms with E-state index in [0.29, 0.717) is 10.1 Å². The number of thiophene rings is 1. The van der Waals surface area contributed by atoms with Crippen LogP contribution in [0, 0.1) is 5.82 Å². The Bertz CT molecular complexity index is 1030. The largest absolute Gasteiger partial charge is 0.467 e. The molecule has 8 heteroatoms. The Morgan fingerprint density at radius 3 is 2.55 bits per heavy atom. The summed E-state index contributed by atoms with van der Waals surface area (Å²) in [6.07, 6.45) is 0.239. The summed E-state index contributed by atoms with van der Waals surface area (Å²) >= 11 is 1.08. The molecule has 0 fully saturated rings. The Hall–Kier alpha value is -3.26. The van der Waals surface area contributed by atoms with Crippen LogP contribution in [0.25, 0.3) is 10.1 Å². The minimum atomic E-state index is -0.910. The van der Waals surface area contributed by atoms with E-state index in [1.54, 1.807) is 12.1 Å². The highest BCUT2D eigenvalue weighted by molar-refractivity contribution is 7.20. The molecule has 0 bridgehead atoms. The van der Waals surface area contributed by atoms with E-state index >= 15 is 0 Å². The molecule has 0 aliphatic rings. The summed E-state index contributed by atoms with van der Waals surface area (Å²) in [7, 11) is 1.23. The van der Waals surface area contributed by atoms with E-state index < -0.39 is 36.3 Å². The van der Waals surface area contributed by atoms with E-state index in [0.717, 1.165) is 16.9 Å². The first kappa shape index (κ1) is 20.5. The number of hydrogen-bond donors (Lipinski definition) is 1. The van der Waals surface area contributed by atoms with Crippen molar-refractivity contribution in [2.24, 2.45) is 0 Å². The highest BCUT2D eigenvalue weighted by atomic mass is 32.1. The maximum atomic E-state index is 13.8. The van der Waals surface area contributed by atoms with E-state index in [4.69, 9.17) is 9.47 Å². The third-order valence-corrected chi connectivity index (χ3v) is 5.23. The van der Waals surface area contributed by atoms with Gasteiger partial charge in [0.25, 0.3) is 5.91 Å². The van der Waals surface area contributed by atoms with Crippen LogP contribution in [0.1, 0.15) is 15.2 Å². The molecular weight excluding hydrogens is 397 g/mol. The Balaban J connectivity index is 1.59. The number of halogens is 1. The average Bonchev–Trinajstić information content (AvgIpc) is 3.17. The van der Waals surface area contributed by atoms with Gasteiger partial charge in [-0.1, -0.05) is 36.4 Å². The third kappa shape index (κ3) is 5.17. The quantitative estimate of drug-likeness (QED) is 0.600. The maximum Gasteiger partial charge on any atom is 0.348 e. The van der Waals surface area contributed by atoms with Gasteiger partial charge in [0.1, 0.15) is 16.7 Å². The van der Waals surface area contributed by atoms with Crippen molar-refractivity contribution in [3.8, 4) is 0 Å². The topological polar surface area (TPSA) is 81.7 Å². The zero-order chi connectivity index (χ0) is 20.8. The molecule has 29 heavy (non-hydrogen) atoms. The lowest BCUT2D eigenvalue weighted by Gasteiger charge is -2.16. The molecular formula is C21H18FNO5S. The van der Waals surface area contributed by atoms with Crippen LogP contribution in [0.4, 0.5) is 4.39 Å².